The van der Waals surface area contributed by atoms with E-state index in [1.54, 1.807) is 0 Å². The van der Waals surface area contributed by atoms with E-state index in [1.807, 2.05) is 0 Å². The molecule has 160 valence electrons. The first-order valence-electron chi connectivity index (χ1n) is 8.95. The Morgan fingerprint density at radius 1 is 1.23 bits per heavy atom. The van der Waals surface area contributed by atoms with Crippen molar-refractivity contribution in [2.75, 3.05) is 18.0 Å². The van der Waals surface area contributed by atoms with E-state index in [9.17, 15) is 32.3 Å². The predicted octanol–water partition coefficient (Wildman–Crippen LogP) is 3.32. The second-order valence-corrected chi connectivity index (χ2v) is 7.34. The van der Waals surface area contributed by atoms with E-state index in [4.69, 9.17) is 11.6 Å². The van der Waals surface area contributed by atoms with E-state index in [0.717, 1.165) is 29.2 Å². The molecule has 0 unspecified atom stereocenters. The Hall–Kier alpha value is -2.65. The Balaban J connectivity index is 1.66. The normalized spacial score (nSPS) is 19.3. The number of nitrogens with zero attached hydrogens (tertiary/aromatic N) is 1. The summed E-state index contributed by atoms with van der Waals surface area (Å²) in [5.41, 5.74) is -2.89. The summed E-state index contributed by atoms with van der Waals surface area (Å²) < 4.78 is 52.1. The molecule has 0 aromatic heterocycles. The van der Waals surface area contributed by atoms with Crippen molar-refractivity contribution < 1.29 is 32.3 Å². The Bertz CT molecular complexity index is 963. The molecule has 2 N–H and O–H groups in total. The molecule has 1 atom stereocenters. The Morgan fingerprint density at radius 2 is 1.97 bits per heavy atom. The van der Waals surface area contributed by atoms with Gasteiger partial charge in [0.15, 0.2) is 0 Å². The molecule has 0 radical (unpaired) electrons. The molecule has 5 nitrogen and oxygen atoms in total. The molecule has 0 saturated carbocycles. The number of benzene rings is 2. The smallest absolute Gasteiger partial charge is 0.372 e. The standard InChI is InChI=1S/C20H17ClF4N2O3/c21-14-8-12(9-15(22)11-14)4-6-26-17(28)19(30)5-7-27(18(19)29)16-3-1-2-13(10-16)20(23,24)25/h1-3,8-11,30H,4-7H2,(H,26,28)/t19-/m1/s1. The van der Waals surface area contributed by atoms with Crippen LogP contribution in [0.25, 0.3) is 0 Å². The average molecular weight is 445 g/mol. The summed E-state index contributed by atoms with van der Waals surface area (Å²) in [6.07, 6.45) is -4.67. The van der Waals surface area contributed by atoms with Gasteiger partial charge in [-0.05, 0) is 48.4 Å². The van der Waals surface area contributed by atoms with Crippen LogP contribution in [0, 0.1) is 5.82 Å². The number of alkyl halides is 3. The number of rotatable bonds is 5. The average Bonchev–Trinajstić information content (AvgIpc) is 2.96. The number of nitrogens with one attached hydrogen (secondary N) is 1. The molecule has 1 aliphatic heterocycles. The molecule has 1 heterocycles. The van der Waals surface area contributed by atoms with Crippen molar-refractivity contribution in [3.63, 3.8) is 0 Å². The van der Waals surface area contributed by atoms with Crippen LogP contribution in [-0.2, 0) is 22.2 Å². The van der Waals surface area contributed by atoms with Crippen LogP contribution in [0.2, 0.25) is 5.02 Å². The van der Waals surface area contributed by atoms with Gasteiger partial charge in [-0.2, -0.15) is 13.2 Å². The van der Waals surface area contributed by atoms with Crippen LogP contribution in [0.15, 0.2) is 42.5 Å². The largest absolute Gasteiger partial charge is 0.416 e. The molecule has 2 aromatic rings. The SMILES string of the molecule is O=C(NCCc1cc(F)cc(Cl)c1)[C@]1(O)CCN(c2cccc(C(F)(F)F)c2)C1=O. The van der Waals surface area contributed by atoms with Gasteiger partial charge >= 0.3 is 6.18 Å². The quantitative estimate of drug-likeness (QED) is 0.549. The zero-order valence-electron chi connectivity index (χ0n) is 15.5. The summed E-state index contributed by atoms with van der Waals surface area (Å²) in [7, 11) is 0. The first kappa shape index (κ1) is 22.0. The number of aliphatic hydroxyl groups is 1. The third-order valence-corrected chi connectivity index (χ3v) is 5.00. The fourth-order valence-electron chi connectivity index (χ4n) is 3.23. The molecule has 1 aliphatic rings. The van der Waals surface area contributed by atoms with E-state index in [-0.39, 0.29) is 36.6 Å². The lowest BCUT2D eigenvalue weighted by molar-refractivity contribution is -0.149. The first-order chi connectivity index (χ1) is 14.0. The lowest BCUT2D eigenvalue weighted by Gasteiger charge is -2.22. The molecule has 0 aliphatic carbocycles. The van der Waals surface area contributed by atoms with E-state index in [1.165, 1.54) is 18.2 Å². The highest BCUT2D eigenvalue weighted by atomic mass is 35.5. The molecular formula is C20H17ClF4N2O3. The highest BCUT2D eigenvalue weighted by Gasteiger charge is 2.51. The van der Waals surface area contributed by atoms with Gasteiger partial charge in [0.05, 0.1) is 5.56 Å². The molecular weight excluding hydrogens is 428 g/mol. The third kappa shape index (κ3) is 4.57. The number of carbonyl (C=O) groups excluding carboxylic acids is 2. The molecule has 30 heavy (non-hydrogen) atoms. The van der Waals surface area contributed by atoms with Crippen LogP contribution in [0.1, 0.15) is 17.5 Å². The Labute approximate surface area is 174 Å². The summed E-state index contributed by atoms with van der Waals surface area (Å²) in [6.45, 7) is -0.124. The fraction of sp³-hybridized carbons (Fsp3) is 0.300. The van der Waals surface area contributed by atoms with Crippen molar-refractivity contribution in [1.82, 2.24) is 5.32 Å². The molecule has 2 amide bonds. The lowest BCUT2D eigenvalue weighted by Crippen LogP contribution is -2.52. The van der Waals surface area contributed by atoms with Gasteiger partial charge in [0.25, 0.3) is 11.8 Å². The van der Waals surface area contributed by atoms with E-state index in [2.05, 4.69) is 5.32 Å². The van der Waals surface area contributed by atoms with Gasteiger partial charge in [-0.1, -0.05) is 17.7 Å². The second-order valence-electron chi connectivity index (χ2n) is 6.90. The lowest BCUT2D eigenvalue weighted by atomic mass is 10.0. The predicted molar refractivity (Wildman–Crippen MR) is 101 cm³/mol. The minimum atomic E-state index is -4.59. The highest BCUT2D eigenvalue weighted by molar-refractivity contribution is 6.30. The molecule has 0 spiro atoms. The summed E-state index contributed by atoms with van der Waals surface area (Å²) in [6, 6.07) is 7.98. The van der Waals surface area contributed by atoms with Crippen molar-refractivity contribution in [2.24, 2.45) is 0 Å². The minimum absolute atomic E-state index is 0.00222. The van der Waals surface area contributed by atoms with Gasteiger partial charge in [0.1, 0.15) is 5.82 Å². The summed E-state index contributed by atoms with van der Waals surface area (Å²) in [5.74, 6) is -2.51. The van der Waals surface area contributed by atoms with Crippen molar-refractivity contribution in [3.8, 4) is 0 Å². The number of hydrogen-bond acceptors (Lipinski definition) is 3. The van der Waals surface area contributed by atoms with Crippen LogP contribution >= 0.6 is 11.6 Å². The van der Waals surface area contributed by atoms with Gasteiger partial charge < -0.3 is 15.3 Å². The van der Waals surface area contributed by atoms with Crippen molar-refractivity contribution >= 4 is 29.1 Å². The monoisotopic (exact) mass is 444 g/mol. The molecule has 1 fully saturated rings. The topological polar surface area (TPSA) is 69.6 Å². The Kier molecular flexibility index (Phi) is 6.05. The second kappa shape index (κ2) is 8.23. The number of anilines is 1. The molecule has 10 heteroatoms. The van der Waals surface area contributed by atoms with Crippen LogP contribution in [0.3, 0.4) is 0 Å². The Morgan fingerprint density at radius 3 is 2.63 bits per heavy atom. The van der Waals surface area contributed by atoms with E-state index < -0.39 is 35.0 Å². The highest BCUT2D eigenvalue weighted by Crippen LogP contribution is 2.34. The van der Waals surface area contributed by atoms with E-state index >= 15 is 0 Å². The van der Waals surface area contributed by atoms with Crippen LogP contribution in [-0.4, -0.2) is 35.6 Å². The molecule has 2 aromatic carbocycles. The molecule has 0 bridgehead atoms. The van der Waals surface area contributed by atoms with Gasteiger partial charge in [0, 0.05) is 30.2 Å². The van der Waals surface area contributed by atoms with Crippen LogP contribution in [0.5, 0.6) is 0 Å². The van der Waals surface area contributed by atoms with Crippen molar-refractivity contribution in [1.29, 1.82) is 0 Å². The zero-order chi connectivity index (χ0) is 22.1. The fourth-order valence-corrected chi connectivity index (χ4v) is 3.48. The van der Waals surface area contributed by atoms with Crippen molar-refractivity contribution in [3.05, 3.63) is 64.4 Å². The van der Waals surface area contributed by atoms with Gasteiger partial charge in [0.2, 0.25) is 5.60 Å². The molecule has 1 saturated heterocycles. The summed E-state index contributed by atoms with van der Waals surface area (Å²) >= 11 is 5.76. The van der Waals surface area contributed by atoms with Crippen molar-refractivity contribution in [2.45, 2.75) is 24.6 Å². The number of hydrogen-bond donors (Lipinski definition) is 2. The van der Waals surface area contributed by atoms with Crippen LogP contribution in [0.4, 0.5) is 23.2 Å². The zero-order valence-corrected chi connectivity index (χ0v) is 16.2. The maximum atomic E-state index is 13.3. The maximum absolute atomic E-state index is 13.3. The molecule has 3 rings (SSSR count). The summed E-state index contributed by atoms with van der Waals surface area (Å²) in [4.78, 5) is 26.0. The minimum Gasteiger partial charge on any atom is -0.372 e. The van der Waals surface area contributed by atoms with Gasteiger partial charge in [-0.25, -0.2) is 4.39 Å². The number of carbonyl (C=O) groups is 2. The van der Waals surface area contributed by atoms with E-state index in [0.29, 0.717) is 5.56 Å². The van der Waals surface area contributed by atoms with Gasteiger partial charge in [-0.3, -0.25) is 9.59 Å². The maximum Gasteiger partial charge on any atom is 0.416 e. The third-order valence-electron chi connectivity index (χ3n) is 4.78. The number of halogens is 5. The first-order valence-corrected chi connectivity index (χ1v) is 9.33. The number of amides is 2. The van der Waals surface area contributed by atoms with Gasteiger partial charge in [-0.15, -0.1) is 0 Å². The summed E-state index contributed by atoms with van der Waals surface area (Å²) in [5, 5.41) is 13.2. The van der Waals surface area contributed by atoms with Crippen LogP contribution < -0.4 is 10.2 Å².